The second-order valence-corrected chi connectivity index (χ2v) is 6.91. The Labute approximate surface area is 165 Å². The molecule has 1 aliphatic heterocycles. The second-order valence-electron chi connectivity index (χ2n) is 6.91. The molecule has 0 aromatic carbocycles. The number of hydrogen-bond acceptors (Lipinski definition) is 6. The van der Waals surface area contributed by atoms with Crippen molar-refractivity contribution < 1.29 is 14.0 Å². The molecule has 8 heteroatoms. The van der Waals surface area contributed by atoms with Gasteiger partial charge in [0.1, 0.15) is 11.5 Å². The zero-order valence-electron chi connectivity index (χ0n) is 16.5. The number of aryl methyl sites for hydroxylation is 1. The molecule has 150 valence electrons. The van der Waals surface area contributed by atoms with Gasteiger partial charge >= 0.3 is 0 Å². The highest BCUT2D eigenvalue weighted by Gasteiger charge is 2.23. The number of likely N-dealkylation sites (N-methyl/N-ethyl adjacent to an activating group) is 1. The maximum atomic E-state index is 12.9. The summed E-state index contributed by atoms with van der Waals surface area (Å²) in [7, 11) is 0. The van der Waals surface area contributed by atoms with Crippen LogP contribution in [0.1, 0.15) is 35.3 Å². The van der Waals surface area contributed by atoms with Gasteiger partial charge in [0.15, 0.2) is 0 Å². The van der Waals surface area contributed by atoms with Crippen molar-refractivity contribution in [2.24, 2.45) is 0 Å². The van der Waals surface area contributed by atoms with E-state index in [-0.39, 0.29) is 30.5 Å². The minimum Gasteiger partial charge on any atom is -0.467 e. The lowest BCUT2D eigenvalue weighted by Gasteiger charge is -2.34. The van der Waals surface area contributed by atoms with Crippen LogP contribution < -0.4 is 0 Å². The quantitative estimate of drug-likeness (QED) is 0.720. The lowest BCUT2D eigenvalue weighted by atomic mass is 10.2. The Kier molecular flexibility index (Phi) is 6.76. The monoisotopic (exact) mass is 385 g/mol. The molecular formula is C20H27N5O3. The predicted octanol–water partition coefficient (Wildman–Crippen LogP) is 1.57. The van der Waals surface area contributed by atoms with Crippen molar-refractivity contribution in [3.05, 3.63) is 47.9 Å². The molecule has 0 N–H and O–H groups in total. The van der Waals surface area contributed by atoms with Crippen molar-refractivity contribution in [3.8, 4) is 0 Å². The van der Waals surface area contributed by atoms with Crippen molar-refractivity contribution in [3.63, 3.8) is 0 Å². The minimum absolute atomic E-state index is 0.0722. The van der Waals surface area contributed by atoms with Crippen LogP contribution in [0, 0.1) is 6.92 Å². The predicted molar refractivity (Wildman–Crippen MR) is 104 cm³/mol. The third-order valence-electron chi connectivity index (χ3n) is 4.98. The topological polar surface area (TPSA) is 82.8 Å². The van der Waals surface area contributed by atoms with Gasteiger partial charge in [-0.3, -0.25) is 14.6 Å². The number of aromatic nitrogens is 2. The molecular weight excluding hydrogens is 358 g/mol. The number of furan rings is 1. The fourth-order valence-electron chi connectivity index (χ4n) is 3.21. The molecule has 0 spiro atoms. The van der Waals surface area contributed by atoms with Crippen LogP contribution in [0.15, 0.2) is 35.2 Å². The lowest BCUT2D eigenvalue weighted by Crippen LogP contribution is -2.49. The van der Waals surface area contributed by atoms with Gasteiger partial charge in [-0.25, -0.2) is 4.98 Å². The van der Waals surface area contributed by atoms with E-state index in [0.717, 1.165) is 38.4 Å². The number of rotatable bonds is 7. The minimum atomic E-state index is -0.257. The SMILES string of the molecule is CCN1CCN(C(=O)CCN(Cc2ccco2)C(=O)c2cnc(C)cn2)CC1. The van der Waals surface area contributed by atoms with E-state index in [1.54, 1.807) is 23.4 Å². The summed E-state index contributed by atoms with van der Waals surface area (Å²) in [6.07, 6.45) is 4.88. The molecule has 0 unspecified atom stereocenters. The number of piperazine rings is 1. The van der Waals surface area contributed by atoms with Crippen LogP contribution in [-0.4, -0.2) is 75.8 Å². The number of hydrogen-bond donors (Lipinski definition) is 0. The van der Waals surface area contributed by atoms with Gasteiger partial charge in [-0.15, -0.1) is 0 Å². The molecule has 0 radical (unpaired) electrons. The van der Waals surface area contributed by atoms with Gasteiger partial charge < -0.3 is 19.1 Å². The van der Waals surface area contributed by atoms with E-state index in [4.69, 9.17) is 4.42 Å². The molecule has 8 nitrogen and oxygen atoms in total. The maximum absolute atomic E-state index is 12.9. The van der Waals surface area contributed by atoms with Crippen LogP contribution in [0.2, 0.25) is 0 Å². The van der Waals surface area contributed by atoms with Crippen LogP contribution in [0.3, 0.4) is 0 Å². The van der Waals surface area contributed by atoms with Gasteiger partial charge in [-0.05, 0) is 25.6 Å². The first-order chi connectivity index (χ1) is 13.6. The average molecular weight is 385 g/mol. The first kappa shape index (κ1) is 20.0. The Hall–Kier alpha value is -2.74. The van der Waals surface area contributed by atoms with E-state index < -0.39 is 0 Å². The molecule has 1 aliphatic rings. The third kappa shape index (κ3) is 5.16. The lowest BCUT2D eigenvalue weighted by molar-refractivity contribution is -0.133. The van der Waals surface area contributed by atoms with Gasteiger partial charge in [0, 0.05) is 45.3 Å². The van der Waals surface area contributed by atoms with Crippen LogP contribution >= 0.6 is 0 Å². The fourth-order valence-corrected chi connectivity index (χ4v) is 3.21. The first-order valence-corrected chi connectivity index (χ1v) is 9.67. The Morgan fingerprint density at radius 3 is 2.57 bits per heavy atom. The van der Waals surface area contributed by atoms with Crippen molar-refractivity contribution in [1.82, 2.24) is 24.7 Å². The molecule has 1 fully saturated rings. The molecule has 2 aromatic heterocycles. The summed E-state index contributed by atoms with van der Waals surface area (Å²) in [5.41, 5.74) is 1.01. The van der Waals surface area contributed by atoms with Crippen LogP contribution in [0.5, 0.6) is 0 Å². The normalized spacial score (nSPS) is 14.9. The van der Waals surface area contributed by atoms with Gasteiger partial charge in [0.2, 0.25) is 5.91 Å². The summed E-state index contributed by atoms with van der Waals surface area (Å²) in [5, 5.41) is 0. The van der Waals surface area contributed by atoms with E-state index in [0.29, 0.717) is 12.3 Å². The van der Waals surface area contributed by atoms with E-state index in [9.17, 15) is 9.59 Å². The zero-order valence-corrected chi connectivity index (χ0v) is 16.5. The highest BCUT2D eigenvalue weighted by molar-refractivity contribution is 5.92. The molecule has 1 saturated heterocycles. The first-order valence-electron chi connectivity index (χ1n) is 9.67. The van der Waals surface area contributed by atoms with Gasteiger partial charge in [0.05, 0.1) is 24.7 Å². The molecule has 0 saturated carbocycles. The molecule has 2 amide bonds. The summed E-state index contributed by atoms with van der Waals surface area (Å²) in [4.78, 5) is 39.7. The van der Waals surface area contributed by atoms with E-state index in [2.05, 4.69) is 21.8 Å². The molecule has 0 atom stereocenters. The summed E-state index contributed by atoms with van der Waals surface area (Å²) >= 11 is 0. The summed E-state index contributed by atoms with van der Waals surface area (Å²) in [5.74, 6) is 0.480. The van der Waals surface area contributed by atoms with Gasteiger partial charge in [0.25, 0.3) is 5.91 Å². The highest BCUT2D eigenvalue weighted by Crippen LogP contribution is 2.11. The van der Waals surface area contributed by atoms with Crippen molar-refractivity contribution >= 4 is 11.8 Å². The average Bonchev–Trinajstić information content (AvgIpc) is 3.24. The van der Waals surface area contributed by atoms with Crippen molar-refractivity contribution in [2.45, 2.75) is 26.8 Å². The Morgan fingerprint density at radius 1 is 1.18 bits per heavy atom. The Balaban J connectivity index is 1.63. The highest BCUT2D eigenvalue weighted by atomic mass is 16.3. The van der Waals surface area contributed by atoms with Crippen molar-refractivity contribution in [2.75, 3.05) is 39.3 Å². The Bertz CT molecular complexity index is 768. The van der Waals surface area contributed by atoms with Gasteiger partial charge in [-0.1, -0.05) is 6.92 Å². The van der Waals surface area contributed by atoms with Crippen LogP contribution in [-0.2, 0) is 11.3 Å². The number of nitrogens with zero attached hydrogens (tertiary/aromatic N) is 5. The molecule has 28 heavy (non-hydrogen) atoms. The molecule has 0 aliphatic carbocycles. The number of carbonyl (C=O) groups is 2. The second kappa shape index (κ2) is 9.45. The fraction of sp³-hybridized carbons (Fsp3) is 0.500. The van der Waals surface area contributed by atoms with E-state index in [1.165, 1.54) is 6.20 Å². The van der Waals surface area contributed by atoms with Gasteiger partial charge in [-0.2, -0.15) is 0 Å². The molecule has 3 rings (SSSR count). The molecule has 0 bridgehead atoms. The zero-order chi connectivity index (χ0) is 19.9. The smallest absolute Gasteiger partial charge is 0.274 e. The summed E-state index contributed by atoms with van der Waals surface area (Å²) < 4.78 is 5.39. The number of amides is 2. The Morgan fingerprint density at radius 2 is 1.96 bits per heavy atom. The van der Waals surface area contributed by atoms with E-state index >= 15 is 0 Å². The largest absolute Gasteiger partial charge is 0.467 e. The van der Waals surface area contributed by atoms with Crippen LogP contribution in [0.25, 0.3) is 0 Å². The summed E-state index contributed by atoms with van der Waals surface area (Å²) in [6.45, 7) is 8.82. The number of carbonyl (C=O) groups excluding carboxylic acids is 2. The maximum Gasteiger partial charge on any atom is 0.274 e. The summed E-state index contributed by atoms with van der Waals surface area (Å²) in [6, 6.07) is 3.59. The van der Waals surface area contributed by atoms with Crippen LogP contribution in [0.4, 0.5) is 0 Å². The standard InChI is InChI=1S/C20H27N5O3/c1-3-23-8-10-24(11-9-23)19(26)6-7-25(15-17-5-4-12-28-17)20(27)18-14-21-16(2)13-22-18/h4-5,12-14H,3,6-11,15H2,1-2H3. The van der Waals surface area contributed by atoms with Crippen molar-refractivity contribution in [1.29, 1.82) is 0 Å². The molecule has 2 aromatic rings. The third-order valence-corrected chi connectivity index (χ3v) is 4.98. The van der Waals surface area contributed by atoms with E-state index in [1.807, 2.05) is 17.9 Å². The molecule has 3 heterocycles.